The topological polar surface area (TPSA) is 120 Å². The van der Waals surface area contributed by atoms with Crippen molar-refractivity contribution in [1.82, 2.24) is 0 Å². The molecule has 2 aromatic rings. The van der Waals surface area contributed by atoms with Crippen LogP contribution < -0.4 is 9.26 Å². The Bertz CT molecular complexity index is 1030. The van der Waals surface area contributed by atoms with Gasteiger partial charge in [-0.3, -0.25) is 0 Å². The summed E-state index contributed by atoms with van der Waals surface area (Å²) in [5, 5.41) is 0. The van der Waals surface area contributed by atoms with E-state index in [1.165, 1.54) is 68.1 Å². The van der Waals surface area contributed by atoms with Crippen molar-refractivity contribution in [2.75, 3.05) is 6.61 Å². The first-order valence-corrected chi connectivity index (χ1v) is 17.9. The molecule has 0 heterocycles. The van der Waals surface area contributed by atoms with Gasteiger partial charge in [-0.25, -0.2) is 0 Å². The van der Waals surface area contributed by atoms with E-state index >= 15 is 0 Å². The number of rotatable bonds is 13. The van der Waals surface area contributed by atoms with Crippen LogP contribution in [0.5, 0.6) is 11.5 Å². The van der Waals surface area contributed by atoms with E-state index in [9.17, 15) is 0 Å². The quantitative estimate of drug-likeness (QED) is 0.109. The van der Waals surface area contributed by atoms with E-state index in [2.05, 4.69) is 74.4 Å². The lowest BCUT2D eigenvalue weighted by atomic mass is 9.81. The molecule has 0 aromatic heterocycles. The fraction of sp³-hybridized carbons (Fsp3) is 0.647. The molecule has 2 rings (SSSR count). The van der Waals surface area contributed by atoms with E-state index in [1.807, 2.05) is 19.1 Å². The van der Waals surface area contributed by atoms with Crippen LogP contribution in [-0.4, -0.2) is 31.1 Å². The molecule has 0 fully saturated rings. The fourth-order valence-corrected chi connectivity index (χ4v) is 5.24. The predicted octanol–water partition coefficient (Wildman–Crippen LogP) is 9.45. The largest absolute Gasteiger partial charge is 0.493 e. The second kappa shape index (κ2) is 21.4. The molecular weight excluding hydrogens is 582 g/mol. The lowest BCUT2D eigenvalue weighted by Gasteiger charge is -2.27. The zero-order valence-corrected chi connectivity index (χ0v) is 30.2. The van der Waals surface area contributed by atoms with Crippen molar-refractivity contribution >= 4 is 17.2 Å². The van der Waals surface area contributed by atoms with Crippen molar-refractivity contribution < 1.29 is 33.7 Å². The zero-order chi connectivity index (χ0) is 33.2. The highest BCUT2D eigenvalue weighted by atomic mass is 31.2. The standard InChI is InChI=1S/C23H40O.C11H17O3P.H3O3P/c1-7-9-11-13-15-20-16-17-21(24-18-14-12-10-8-2)22(19(20)3)23(4,5)6;1-8-5-6-10(14-15(12)13)9(7-8)11(2,3)4;1-4(2)3/h16-17H,7-15,18H2,1-6H3;5-7,12-13H,1-4H3;1-3H. The first kappa shape index (κ1) is 41.7. The lowest BCUT2D eigenvalue weighted by Crippen LogP contribution is -2.17. The molecule has 0 bridgehead atoms. The maximum absolute atomic E-state index is 8.86. The SMILES string of the molecule is CCCCCCOc1ccc(CCCCCC)c(C)c1C(C)(C)C.Cc1ccc(OP(O)O)c(C(C)(C)C)c1.OP(O)O. The summed E-state index contributed by atoms with van der Waals surface area (Å²) < 4.78 is 11.2. The molecule has 0 saturated carbocycles. The summed E-state index contributed by atoms with van der Waals surface area (Å²) in [6, 6.07) is 10.2. The van der Waals surface area contributed by atoms with Crippen LogP contribution in [-0.2, 0) is 17.3 Å². The van der Waals surface area contributed by atoms with Crippen molar-refractivity contribution in [2.45, 2.75) is 138 Å². The van der Waals surface area contributed by atoms with Gasteiger partial charge in [0.1, 0.15) is 11.5 Å². The maximum atomic E-state index is 8.86. The molecule has 43 heavy (non-hydrogen) atoms. The van der Waals surface area contributed by atoms with E-state index < -0.39 is 17.2 Å². The first-order valence-electron chi connectivity index (χ1n) is 15.5. The Kier molecular flexibility index (Phi) is 20.8. The highest BCUT2D eigenvalue weighted by Crippen LogP contribution is 2.38. The van der Waals surface area contributed by atoms with Crippen molar-refractivity contribution in [3.8, 4) is 11.5 Å². The second-order valence-electron chi connectivity index (χ2n) is 13.1. The summed E-state index contributed by atoms with van der Waals surface area (Å²) in [6.45, 7) is 22.8. The van der Waals surface area contributed by atoms with Gasteiger partial charge in [-0.15, -0.1) is 0 Å². The highest BCUT2D eigenvalue weighted by molar-refractivity contribution is 7.39. The third kappa shape index (κ3) is 18.3. The van der Waals surface area contributed by atoms with Gasteiger partial charge >= 0.3 is 17.2 Å². The molecule has 0 unspecified atom stereocenters. The summed E-state index contributed by atoms with van der Waals surface area (Å²) in [7, 11) is -4.97. The zero-order valence-electron chi connectivity index (χ0n) is 28.4. The van der Waals surface area contributed by atoms with Gasteiger partial charge in [0, 0.05) is 11.1 Å². The smallest absolute Gasteiger partial charge is 0.391 e. The third-order valence-corrected chi connectivity index (χ3v) is 7.33. The molecule has 0 saturated heterocycles. The molecule has 0 aliphatic carbocycles. The number of ether oxygens (including phenoxy) is 1. The highest BCUT2D eigenvalue weighted by Gasteiger charge is 2.23. The number of aryl methyl sites for hydroxylation is 2. The number of benzene rings is 2. The maximum Gasteiger partial charge on any atom is 0.391 e. The van der Waals surface area contributed by atoms with Crippen molar-refractivity contribution in [3.63, 3.8) is 0 Å². The first-order chi connectivity index (χ1) is 19.9. The van der Waals surface area contributed by atoms with Crippen LogP contribution in [0.25, 0.3) is 0 Å². The number of hydrogen-bond donors (Lipinski definition) is 5. The van der Waals surface area contributed by atoms with Gasteiger partial charge in [0.2, 0.25) is 0 Å². The Hall–Kier alpha value is -1.30. The van der Waals surface area contributed by atoms with E-state index in [1.54, 1.807) is 6.07 Å². The van der Waals surface area contributed by atoms with Crippen LogP contribution in [0.2, 0.25) is 0 Å². The molecule has 248 valence electrons. The van der Waals surface area contributed by atoms with Crippen molar-refractivity contribution in [1.29, 1.82) is 0 Å². The molecule has 0 atom stereocenters. The third-order valence-electron chi connectivity index (χ3n) is 6.97. The summed E-state index contributed by atoms with van der Waals surface area (Å²) in [6.07, 6.45) is 11.5. The van der Waals surface area contributed by atoms with Gasteiger partial charge in [0.25, 0.3) is 0 Å². The molecule has 5 N–H and O–H groups in total. The Balaban J connectivity index is 0.000000788. The van der Waals surface area contributed by atoms with E-state index in [0.717, 1.165) is 29.9 Å². The monoisotopic (exact) mass is 642 g/mol. The van der Waals surface area contributed by atoms with Crippen LogP contribution in [0.4, 0.5) is 0 Å². The predicted molar refractivity (Wildman–Crippen MR) is 183 cm³/mol. The van der Waals surface area contributed by atoms with Crippen LogP contribution in [0.15, 0.2) is 30.3 Å². The minimum absolute atomic E-state index is 0.0767. The molecule has 0 spiro atoms. The van der Waals surface area contributed by atoms with Crippen LogP contribution in [0.1, 0.15) is 135 Å². The summed E-state index contributed by atoms with van der Waals surface area (Å²) in [4.78, 5) is 39.4. The molecule has 0 aliphatic heterocycles. The Labute approximate surface area is 264 Å². The lowest BCUT2D eigenvalue weighted by molar-refractivity contribution is 0.296. The summed E-state index contributed by atoms with van der Waals surface area (Å²) >= 11 is 0. The summed E-state index contributed by atoms with van der Waals surface area (Å²) in [5.74, 6) is 1.65. The van der Waals surface area contributed by atoms with Gasteiger partial charge in [-0.2, -0.15) is 0 Å². The molecule has 7 nitrogen and oxygen atoms in total. The Morgan fingerprint density at radius 1 is 0.674 bits per heavy atom. The van der Waals surface area contributed by atoms with Crippen molar-refractivity contribution in [3.05, 3.63) is 58.1 Å². The summed E-state index contributed by atoms with van der Waals surface area (Å²) in [5.41, 5.74) is 6.53. The molecule has 0 aliphatic rings. The minimum atomic E-state index is -2.62. The van der Waals surface area contributed by atoms with E-state index in [-0.39, 0.29) is 10.8 Å². The average molecular weight is 643 g/mol. The van der Waals surface area contributed by atoms with Crippen LogP contribution in [0.3, 0.4) is 0 Å². The van der Waals surface area contributed by atoms with Gasteiger partial charge in [-0.1, -0.05) is 118 Å². The molecule has 0 amide bonds. The minimum Gasteiger partial charge on any atom is -0.493 e. The van der Waals surface area contributed by atoms with Gasteiger partial charge in [0.15, 0.2) is 0 Å². The fourth-order valence-electron chi connectivity index (χ4n) is 4.90. The number of hydrogen-bond acceptors (Lipinski definition) is 7. The molecular formula is C34H60O7P2. The molecule has 9 heteroatoms. The van der Waals surface area contributed by atoms with Gasteiger partial charge in [-0.05, 0) is 67.2 Å². The number of unbranched alkanes of at least 4 members (excludes halogenated alkanes) is 6. The van der Waals surface area contributed by atoms with Gasteiger partial charge in [0.05, 0.1) is 6.61 Å². The average Bonchev–Trinajstić information content (AvgIpc) is 2.87. The second-order valence-corrected chi connectivity index (χ2v) is 14.3. The molecule has 0 radical (unpaired) electrons. The Morgan fingerprint density at radius 3 is 1.70 bits per heavy atom. The van der Waals surface area contributed by atoms with Crippen molar-refractivity contribution in [2.24, 2.45) is 0 Å². The van der Waals surface area contributed by atoms with E-state index in [4.69, 9.17) is 33.7 Å². The van der Waals surface area contributed by atoms with Crippen LogP contribution in [0, 0.1) is 13.8 Å². The van der Waals surface area contributed by atoms with Crippen LogP contribution >= 0.6 is 17.2 Å². The Morgan fingerprint density at radius 2 is 1.21 bits per heavy atom. The van der Waals surface area contributed by atoms with E-state index in [0.29, 0.717) is 5.75 Å². The van der Waals surface area contributed by atoms with Gasteiger partial charge < -0.3 is 33.7 Å². The molecule has 2 aromatic carbocycles. The normalized spacial score (nSPS) is 11.6.